The van der Waals surface area contributed by atoms with Crippen molar-refractivity contribution in [2.75, 3.05) is 19.6 Å². The maximum atomic E-state index is 12.1. The fourth-order valence-corrected chi connectivity index (χ4v) is 4.78. The summed E-state index contributed by atoms with van der Waals surface area (Å²) >= 11 is 0. The number of likely N-dealkylation sites (tertiary alicyclic amines) is 1. The molecular weight excluding hydrogens is 336 g/mol. The molecule has 1 aliphatic heterocycles. The van der Waals surface area contributed by atoms with Gasteiger partial charge in [0.05, 0.1) is 0 Å². The number of nitrogens with zero attached hydrogens (tertiary/aromatic N) is 1. The van der Waals surface area contributed by atoms with Crippen LogP contribution in [0.3, 0.4) is 0 Å². The number of piperidine rings is 1. The van der Waals surface area contributed by atoms with Crippen molar-refractivity contribution in [3.63, 3.8) is 0 Å². The smallest absolute Gasteiger partial charge is 0.255 e. The van der Waals surface area contributed by atoms with E-state index in [4.69, 9.17) is 4.74 Å². The van der Waals surface area contributed by atoms with E-state index in [0.29, 0.717) is 0 Å². The Balaban J connectivity index is 1.39. The van der Waals surface area contributed by atoms with Crippen molar-refractivity contribution < 1.29 is 4.74 Å². The highest BCUT2D eigenvalue weighted by molar-refractivity contribution is 5.86. The first-order chi connectivity index (χ1) is 13.1. The summed E-state index contributed by atoms with van der Waals surface area (Å²) in [6.45, 7) is 7.64. The van der Waals surface area contributed by atoms with Gasteiger partial charge in [-0.05, 0) is 74.1 Å². The number of rotatable bonds is 4. The number of ether oxygens (including phenoxy) is 1. The standard InChI is InChI=1S/C23H32N2O2/c1-16-12-21-20(17(2)14-24-23(21)26)13-22(16)27-19-8-10-25(11-9-19)15-18-6-4-3-5-7-18/h12-14,18-19H,3-11,15H2,1-2H3,(H,24,26). The lowest BCUT2D eigenvalue weighted by Gasteiger charge is -2.35. The first-order valence-electron chi connectivity index (χ1n) is 10.6. The Kier molecular flexibility index (Phi) is 5.53. The van der Waals surface area contributed by atoms with Crippen LogP contribution in [0.5, 0.6) is 5.75 Å². The maximum absolute atomic E-state index is 12.1. The van der Waals surface area contributed by atoms with E-state index in [2.05, 4.69) is 16.0 Å². The van der Waals surface area contributed by atoms with Crippen molar-refractivity contribution in [2.24, 2.45) is 5.92 Å². The van der Waals surface area contributed by atoms with E-state index in [1.165, 1.54) is 38.6 Å². The molecule has 0 bridgehead atoms. The number of pyridine rings is 1. The van der Waals surface area contributed by atoms with Gasteiger partial charge in [0.1, 0.15) is 11.9 Å². The lowest BCUT2D eigenvalue weighted by atomic mass is 9.88. The summed E-state index contributed by atoms with van der Waals surface area (Å²) in [6.07, 6.45) is 11.4. The van der Waals surface area contributed by atoms with E-state index < -0.39 is 0 Å². The third-order valence-corrected chi connectivity index (χ3v) is 6.47. The van der Waals surface area contributed by atoms with Gasteiger partial charge in [-0.1, -0.05) is 19.3 Å². The first-order valence-corrected chi connectivity index (χ1v) is 10.6. The van der Waals surface area contributed by atoms with Gasteiger partial charge in [-0.25, -0.2) is 0 Å². The fourth-order valence-electron chi connectivity index (χ4n) is 4.78. The molecule has 1 aromatic carbocycles. The maximum Gasteiger partial charge on any atom is 0.255 e. The third kappa shape index (κ3) is 4.21. The number of aromatic amines is 1. The number of fused-ring (bicyclic) bond motifs is 1. The fraction of sp³-hybridized carbons (Fsp3) is 0.609. The minimum atomic E-state index is -0.0266. The van der Waals surface area contributed by atoms with E-state index in [9.17, 15) is 4.79 Å². The zero-order chi connectivity index (χ0) is 18.8. The van der Waals surface area contributed by atoms with Crippen LogP contribution in [0.25, 0.3) is 10.8 Å². The number of aromatic nitrogens is 1. The summed E-state index contributed by atoms with van der Waals surface area (Å²) in [7, 11) is 0. The number of hydrogen-bond donors (Lipinski definition) is 1. The van der Waals surface area contributed by atoms with Gasteiger partial charge in [0.25, 0.3) is 5.56 Å². The summed E-state index contributed by atoms with van der Waals surface area (Å²) in [5.41, 5.74) is 2.10. The Morgan fingerprint density at radius 2 is 1.74 bits per heavy atom. The molecule has 1 aliphatic carbocycles. The molecule has 146 valence electrons. The topological polar surface area (TPSA) is 45.3 Å². The van der Waals surface area contributed by atoms with Crippen molar-refractivity contribution in [2.45, 2.75) is 64.9 Å². The van der Waals surface area contributed by atoms with Crippen molar-refractivity contribution in [3.8, 4) is 5.75 Å². The normalized spacial score (nSPS) is 20.2. The molecular formula is C23H32N2O2. The summed E-state index contributed by atoms with van der Waals surface area (Å²) in [5, 5.41) is 1.75. The Labute approximate surface area is 161 Å². The molecule has 0 amide bonds. The van der Waals surface area contributed by atoms with E-state index in [1.54, 1.807) is 6.20 Å². The predicted molar refractivity (Wildman–Crippen MR) is 111 cm³/mol. The number of H-pyrrole nitrogens is 1. The first kappa shape index (κ1) is 18.5. The van der Waals surface area contributed by atoms with E-state index in [-0.39, 0.29) is 11.7 Å². The molecule has 0 spiro atoms. The molecule has 2 aliphatic rings. The number of benzene rings is 1. The molecule has 2 heterocycles. The highest BCUT2D eigenvalue weighted by Gasteiger charge is 2.24. The zero-order valence-electron chi connectivity index (χ0n) is 16.7. The summed E-state index contributed by atoms with van der Waals surface area (Å²) < 4.78 is 6.39. The van der Waals surface area contributed by atoms with Crippen LogP contribution < -0.4 is 10.3 Å². The summed E-state index contributed by atoms with van der Waals surface area (Å²) in [5.74, 6) is 1.85. The second-order valence-electron chi connectivity index (χ2n) is 8.59. The van der Waals surface area contributed by atoms with Crippen LogP contribution in [0.15, 0.2) is 23.1 Å². The second-order valence-corrected chi connectivity index (χ2v) is 8.59. The monoisotopic (exact) mass is 368 g/mol. The van der Waals surface area contributed by atoms with Gasteiger partial charge >= 0.3 is 0 Å². The highest BCUT2D eigenvalue weighted by atomic mass is 16.5. The van der Waals surface area contributed by atoms with Crippen molar-refractivity contribution in [3.05, 3.63) is 39.8 Å². The number of nitrogens with one attached hydrogen (secondary N) is 1. The van der Waals surface area contributed by atoms with Gasteiger partial charge in [-0.3, -0.25) is 4.79 Å². The lowest BCUT2D eigenvalue weighted by Crippen LogP contribution is -2.41. The van der Waals surface area contributed by atoms with Crippen LogP contribution >= 0.6 is 0 Å². The van der Waals surface area contributed by atoms with E-state index in [1.807, 2.05) is 19.9 Å². The molecule has 0 atom stereocenters. The van der Waals surface area contributed by atoms with E-state index >= 15 is 0 Å². The third-order valence-electron chi connectivity index (χ3n) is 6.47. The molecule has 4 heteroatoms. The molecule has 1 N–H and O–H groups in total. The van der Waals surface area contributed by atoms with Crippen LogP contribution in [-0.4, -0.2) is 35.6 Å². The Morgan fingerprint density at radius 1 is 1.00 bits per heavy atom. The van der Waals surface area contributed by atoms with Gasteiger partial charge in [0.2, 0.25) is 0 Å². The van der Waals surface area contributed by atoms with Gasteiger partial charge in [0.15, 0.2) is 0 Å². The van der Waals surface area contributed by atoms with E-state index in [0.717, 1.165) is 59.5 Å². The largest absolute Gasteiger partial charge is 0.490 e. The Bertz CT molecular complexity index is 843. The molecule has 1 saturated heterocycles. The average Bonchev–Trinajstić information content (AvgIpc) is 2.68. The summed E-state index contributed by atoms with van der Waals surface area (Å²) in [4.78, 5) is 17.5. The quantitative estimate of drug-likeness (QED) is 0.860. The molecule has 1 aromatic heterocycles. The van der Waals surface area contributed by atoms with Crippen LogP contribution in [0.2, 0.25) is 0 Å². The number of hydrogen-bond acceptors (Lipinski definition) is 3. The minimum Gasteiger partial charge on any atom is -0.490 e. The van der Waals surface area contributed by atoms with Gasteiger partial charge in [0, 0.05) is 31.2 Å². The Hall–Kier alpha value is -1.81. The molecule has 4 nitrogen and oxygen atoms in total. The van der Waals surface area contributed by atoms with Crippen LogP contribution in [0.1, 0.15) is 56.1 Å². The SMILES string of the molecule is Cc1cc2c(=O)[nH]cc(C)c2cc1OC1CCN(CC2CCCCC2)CC1. The van der Waals surface area contributed by atoms with Crippen LogP contribution in [-0.2, 0) is 0 Å². The molecule has 4 rings (SSSR count). The lowest BCUT2D eigenvalue weighted by molar-refractivity contribution is 0.0860. The molecule has 0 radical (unpaired) electrons. The van der Waals surface area contributed by atoms with Gasteiger partial charge < -0.3 is 14.6 Å². The van der Waals surface area contributed by atoms with Crippen LogP contribution in [0.4, 0.5) is 0 Å². The minimum absolute atomic E-state index is 0.0266. The molecule has 1 saturated carbocycles. The summed E-state index contributed by atoms with van der Waals surface area (Å²) in [6, 6.07) is 4.03. The zero-order valence-corrected chi connectivity index (χ0v) is 16.7. The van der Waals surface area contributed by atoms with Crippen molar-refractivity contribution >= 4 is 10.8 Å². The predicted octanol–water partition coefficient (Wildman–Crippen LogP) is 4.57. The van der Waals surface area contributed by atoms with Gasteiger partial charge in [-0.15, -0.1) is 0 Å². The number of aryl methyl sites for hydroxylation is 2. The van der Waals surface area contributed by atoms with Crippen molar-refractivity contribution in [1.29, 1.82) is 0 Å². The molecule has 2 fully saturated rings. The highest BCUT2D eigenvalue weighted by Crippen LogP contribution is 2.29. The van der Waals surface area contributed by atoms with Crippen molar-refractivity contribution in [1.82, 2.24) is 9.88 Å². The average molecular weight is 369 g/mol. The van der Waals surface area contributed by atoms with Gasteiger partial charge in [-0.2, -0.15) is 0 Å². The molecule has 2 aromatic rings. The Morgan fingerprint density at radius 3 is 2.48 bits per heavy atom. The van der Waals surface area contributed by atoms with Crippen LogP contribution in [0, 0.1) is 19.8 Å². The molecule has 0 unspecified atom stereocenters. The second kappa shape index (κ2) is 8.05. The molecule has 27 heavy (non-hydrogen) atoms.